The van der Waals surface area contributed by atoms with Crippen molar-refractivity contribution in [2.24, 2.45) is 10.7 Å². The molecule has 0 radical (unpaired) electrons. The molecule has 2 heterocycles. The van der Waals surface area contributed by atoms with Gasteiger partial charge in [-0.05, 0) is 57.0 Å². The molecule has 0 unspecified atom stereocenters. The highest BCUT2D eigenvalue weighted by Crippen LogP contribution is 2.25. The van der Waals surface area contributed by atoms with Gasteiger partial charge in [-0.1, -0.05) is 24.6 Å². The molecule has 9 nitrogen and oxygen atoms in total. The Labute approximate surface area is 230 Å². The van der Waals surface area contributed by atoms with Gasteiger partial charge in [-0.3, -0.25) is 4.79 Å². The van der Waals surface area contributed by atoms with Crippen LogP contribution in [0.25, 0.3) is 22.2 Å². The number of hydrogen-bond acceptors (Lipinski definition) is 7. The van der Waals surface area contributed by atoms with E-state index in [0.717, 1.165) is 23.4 Å². The number of nitriles is 1. The van der Waals surface area contributed by atoms with Gasteiger partial charge >= 0.3 is 0 Å². The van der Waals surface area contributed by atoms with E-state index >= 15 is 4.39 Å². The minimum atomic E-state index is -0.820. The Bertz CT molecular complexity index is 1880. The summed E-state index contributed by atoms with van der Waals surface area (Å²) in [5.41, 5.74) is 16.2. The quantitative estimate of drug-likeness (QED) is 0.178. The molecule has 40 heavy (non-hydrogen) atoms. The second-order valence-corrected chi connectivity index (χ2v) is 9.36. The lowest BCUT2D eigenvalue weighted by Gasteiger charge is -2.13. The molecule has 0 atom stereocenters. The maximum absolute atomic E-state index is 15.1. The maximum atomic E-state index is 15.1. The van der Waals surface area contributed by atoms with Crippen molar-refractivity contribution in [3.8, 4) is 6.07 Å². The summed E-state index contributed by atoms with van der Waals surface area (Å²) in [6, 6.07) is 12.2. The number of nitrogens with zero attached hydrogens (tertiary/aromatic N) is 3. The first-order chi connectivity index (χ1) is 19.1. The molecule has 0 saturated carbocycles. The number of fused-ring (bicyclic) bond motifs is 1. The SMILES string of the molecule is CC/C(C)=c1/c(=C(\N=C(C)c2ccc(C)cc2Nc2ncccc2C#N)C(N)=O)[nH]c2c(F)cc(N)c(C=N)c12. The van der Waals surface area contributed by atoms with E-state index in [0.29, 0.717) is 50.9 Å². The van der Waals surface area contributed by atoms with Crippen molar-refractivity contribution < 1.29 is 9.18 Å². The van der Waals surface area contributed by atoms with Crippen LogP contribution in [0.5, 0.6) is 0 Å². The summed E-state index contributed by atoms with van der Waals surface area (Å²) in [6.45, 7) is 7.44. The number of rotatable bonds is 7. The van der Waals surface area contributed by atoms with E-state index in [1.807, 2.05) is 39.0 Å². The van der Waals surface area contributed by atoms with Crippen molar-refractivity contribution in [2.75, 3.05) is 11.1 Å². The van der Waals surface area contributed by atoms with E-state index in [1.165, 1.54) is 0 Å². The van der Waals surface area contributed by atoms with Crippen LogP contribution in [0.2, 0.25) is 0 Å². The fraction of sp³-hybridized carbons (Fsp3) is 0.167. The number of amides is 1. The van der Waals surface area contributed by atoms with Crippen molar-refractivity contribution in [1.29, 1.82) is 10.7 Å². The zero-order valence-electron chi connectivity index (χ0n) is 22.6. The normalized spacial score (nSPS) is 13.1. The van der Waals surface area contributed by atoms with Crippen LogP contribution in [0.3, 0.4) is 0 Å². The van der Waals surface area contributed by atoms with Crippen molar-refractivity contribution in [2.45, 2.75) is 34.1 Å². The van der Waals surface area contributed by atoms with E-state index in [9.17, 15) is 10.1 Å². The Morgan fingerprint density at radius 2 is 2.05 bits per heavy atom. The van der Waals surface area contributed by atoms with Crippen LogP contribution >= 0.6 is 0 Å². The zero-order chi connectivity index (χ0) is 29.1. The van der Waals surface area contributed by atoms with Gasteiger partial charge in [0.15, 0.2) is 5.70 Å². The number of pyridine rings is 1. The highest BCUT2D eigenvalue weighted by molar-refractivity contribution is 6.17. The van der Waals surface area contributed by atoms with Gasteiger partial charge in [0.25, 0.3) is 5.91 Å². The molecule has 0 spiro atoms. The fourth-order valence-electron chi connectivity index (χ4n) is 4.58. The predicted octanol–water partition coefficient (Wildman–Crippen LogP) is 3.89. The molecular weight excluding hydrogens is 507 g/mol. The van der Waals surface area contributed by atoms with Crippen LogP contribution in [0.15, 0.2) is 47.6 Å². The van der Waals surface area contributed by atoms with Gasteiger partial charge in [0.1, 0.15) is 17.7 Å². The molecule has 2 aromatic carbocycles. The van der Waals surface area contributed by atoms with Gasteiger partial charge in [-0.15, -0.1) is 0 Å². The van der Waals surface area contributed by atoms with Crippen molar-refractivity contribution in [3.05, 3.63) is 81.2 Å². The lowest BCUT2D eigenvalue weighted by Crippen LogP contribution is -2.32. The molecular formula is C30H29FN8O. The van der Waals surface area contributed by atoms with Gasteiger partial charge in [0.05, 0.1) is 16.4 Å². The molecule has 0 bridgehead atoms. The first-order valence-corrected chi connectivity index (χ1v) is 12.5. The van der Waals surface area contributed by atoms with E-state index in [-0.39, 0.29) is 22.3 Å². The third-order valence-corrected chi connectivity index (χ3v) is 6.70. The Hall–Kier alpha value is -5.30. The van der Waals surface area contributed by atoms with E-state index < -0.39 is 11.7 Å². The number of benzene rings is 2. The number of nitrogen functional groups attached to an aromatic ring is 1. The number of nitrogens with two attached hydrogens (primary N) is 2. The summed E-state index contributed by atoms with van der Waals surface area (Å²) in [4.78, 5) is 24.8. The Morgan fingerprint density at radius 3 is 2.70 bits per heavy atom. The lowest BCUT2D eigenvalue weighted by atomic mass is 10.0. The zero-order valence-corrected chi connectivity index (χ0v) is 22.6. The Morgan fingerprint density at radius 1 is 1.30 bits per heavy atom. The van der Waals surface area contributed by atoms with E-state index in [4.69, 9.17) is 16.9 Å². The number of halogens is 1. The van der Waals surface area contributed by atoms with Gasteiger partial charge in [-0.25, -0.2) is 14.4 Å². The molecule has 0 aliphatic rings. The number of aromatic nitrogens is 2. The highest BCUT2D eigenvalue weighted by atomic mass is 19.1. The van der Waals surface area contributed by atoms with Crippen molar-refractivity contribution in [1.82, 2.24) is 9.97 Å². The van der Waals surface area contributed by atoms with Gasteiger partial charge in [-0.2, -0.15) is 5.26 Å². The van der Waals surface area contributed by atoms with Crippen LogP contribution in [0.1, 0.15) is 49.4 Å². The minimum absolute atomic E-state index is 0.104. The van der Waals surface area contributed by atoms with Gasteiger partial charge < -0.3 is 27.2 Å². The highest BCUT2D eigenvalue weighted by Gasteiger charge is 2.19. The third-order valence-electron chi connectivity index (χ3n) is 6.70. The lowest BCUT2D eigenvalue weighted by molar-refractivity contribution is -0.113. The molecule has 10 heteroatoms. The summed E-state index contributed by atoms with van der Waals surface area (Å²) < 4.78 is 15.1. The second-order valence-electron chi connectivity index (χ2n) is 9.36. The average molecular weight is 537 g/mol. The summed E-state index contributed by atoms with van der Waals surface area (Å²) in [5, 5.41) is 21.8. The number of aryl methyl sites for hydroxylation is 1. The van der Waals surface area contributed by atoms with Crippen molar-refractivity contribution in [3.63, 3.8) is 0 Å². The summed E-state index contributed by atoms with van der Waals surface area (Å²) >= 11 is 0. The smallest absolute Gasteiger partial charge is 0.269 e. The molecule has 4 rings (SSSR count). The van der Waals surface area contributed by atoms with Crippen LogP contribution in [0.4, 0.5) is 21.6 Å². The molecule has 0 aliphatic carbocycles. The fourth-order valence-corrected chi connectivity index (χ4v) is 4.58. The number of aromatic amines is 1. The second kappa shape index (κ2) is 11.2. The van der Waals surface area contributed by atoms with E-state index in [2.05, 4.69) is 26.3 Å². The van der Waals surface area contributed by atoms with E-state index in [1.54, 1.807) is 25.3 Å². The number of hydrogen-bond donors (Lipinski definition) is 5. The number of primary amides is 1. The third kappa shape index (κ3) is 5.05. The summed E-state index contributed by atoms with van der Waals surface area (Å²) in [7, 11) is 0. The van der Waals surface area contributed by atoms with Crippen LogP contribution in [-0.2, 0) is 4.79 Å². The topological polar surface area (TPSA) is 170 Å². The number of nitrogens with one attached hydrogen (secondary N) is 3. The standard InChI is InChI=1S/C30H29FN8O/c1-5-16(3)24-25-20(14-33)22(34)12-21(31)26(25)39-27(24)28(29(35)40)37-17(4)19-9-8-15(2)11-23(19)38-30-18(13-32)7-6-10-36-30/h6-12,14,33,39H,5,34H2,1-4H3,(H2,35,40)(H,36,38)/b24-16+,28-27+,33-14?,37-17?. The van der Waals surface area contributed by atoms with Crippen LogP contribution < -0.4 is 27.4 Å². The minimum Gasteiger partial charge on any atom is -0.398 e. The van der Waals surface area contributed by atoms with Gasteiger partial charge in [0.2, 0.25) is 0 Å². The van der Waals surface area contributed by atoms with Crippen molar-refractivity contribution >= 4 is 57.2 Å². The number of carbonyl (C=O) groups is 1. The summed E-state index contributed by atoms with van der Waals surface area (Å²) in [6.07, 6.45) is 3.23. The first kappa shape index (κ1) is 27.7. The maximum Gasteiger partial charge on any atom is 0.269 e. The largest absolute Gasteiger partial charge is 0.398 e. The Kier molecular flexibility index (Phi) is 7.77. The molecule has 0 saturated heterocycles. The average Bonchev–Trinajstić information content (AvgIpc) is 3.32. The van der Waals surface area contributed by atoms with Crippen LogP contribution in [-0.4, -0.2) is 27.8 Å². The van der Waals surface area contributed by atoms with Gasteiger partial charge in [0, 0.05) is 51.2 Å². The molecule has 0 fully saturated rings. The molecule has 7 N–H and O–H groups in total. The molecule has 4 aromatic rings. The molecule has 1 amide bonds. The molecule has 2 aromatic heterocycles. The molecule has 202 valence electrons. The molecule has 0 aliphatic heterocycles. The number of H-pyrrole nitrogens is 1. The number of anilines is 3. The first-order valence-electron chi connectivity index (χ1n) is 12.5. The Balaban J connectivity index is 2.05. The number of aliphatic imine (C=N–C) groups is 1. The predicted molar refractivity (Wildman–Crippen MR) is 157 cm³/mol. The summed E-state index contributed by atoms with van der Waals surface area (Å²) in [5.74, 6) is -1.06. The monoisotopic (exact) mass is 536 g/mol. The number of carbonyl (C=O) groups excluding carboxylic acids is 1. The van der Waals surface area contributed by atoms with Crippen LogP contribution in [0, 0.1) is 29.5 Å².